The molecule has 6 rings (SSSR count). The Bertz CT molecular complexity index is 1540. The number of hydrogen-bond acceptors (Lipinski definition) is 3. The molecular formula is C28H26F3N5. The lowest BCUT2D eigenvalue weighted by molar-refractivity contribution is -0.0942. The van der Waals surface area contributed by atoms with Gasteiger partial charge in [0.1, 0.15) is 5.84 Å². The van der Waals surface area contributed by atoms with E-state index < -0.39 is 11.7 Å². The highest BCUT2D eigenvalue weighted by Crippen LogP contribution is 2.39. The van der Waals surface area contributed by atoms with Gasteiger partial charge in [-0.2, -0.15) is 18.3 Å². The molecule has 2 aliphatic heterocycles. The molecule has 0 radical (unpaired) electrons. The summed E-state index contributed by atoms with van der Waals surface area (Å²) in [6.07, 6.45) is -0.417. The van der Waals surface area contributed by atoms with Crippen LogP contribution in [0.2, 0.25) is 0 Å². The smallest absolute Gasteiger partial charge is 0.361 e. The molecule has 0 aliphatic carbocycles. The first kappa shape index (κ1) is 22.6. The fraction of sp³-hybridized carbons (Fsp3) is 0.286. The number of H-pyrrole nitrogens is 1. The molecule has 36 heavy (non-hydrogen) atoms. The fourth-order valence-electron chi connectivity index (χ4n) is 5.34. The number of allylic oxidation sites excluding steroid dienone is 1. The zero-order valence-electron chi connectivity index (χ0n) is 20.2. The van der Waals surface area contributed by atoms with Gasteiger partial charge in [-0.15, -0.1) is 0 Å². The largest absolute Gasteiger partial charge is 0.414 e. The van der Waals surface area contributed by atoms with E-state index in [0.29, 0.717) is 25.3 Å². The lowest BCUT2D eigenvalue weighted by Crippen LogP contribution is -2.37. The molecule has 0 saturated heterocycles. The second kappa shape index (κ2) is 8.40. The van der Waals surface area contributed by atoms with Crippen molar-refractivity contribution in [1.29, 1.82) is 0 Å². The Morgan fingerprint density at radius 1 is 0.944 bits per heavy atom. The summed E-state index contributed by atoms with van der Waals surface area (Å²) in [6, 6.07) is 14.5. The zero-order valence-corrected chi connectivity index (χ0v) is 20.2. The molecule has 2 aliphatic rings. The van der Waals surface area contributed by atoms with Gasteiger partial charge in [-0.05, 0) is 43.5 Å². The van der Waals surface area contributed by atoms with Crippen LogP contribution in [0.15, 0.2) is 65.4 Å². The number of nitrogens with zero attached hydrogens (tertiary/aromatic N) is 4. The Morgan fingerprint density at radius 2 is 1.78 bits per heavy atom. The lowest BCUT2D eigenvalue weighted by atomic mass is 9.96. The van der Waals surface area contributed by atoms with E-state index in [-0.39, 0.29) is 12.8 Å². The van der Waals surface area contributed by atoms with Crippen molar-refractivity contribution >= 4 is 16.7 Å². The van der Waals surface area contributed by atoms with Crippen LogP contribution in [0.3, 0.4) is 0 Å². The van der Waals surface area contributed by atoms with Gasteiger partial charge in [0.15, 0.2) is 0 Å². The van der Waals surface area contributed by atoms with Gasteiger partial charge in [0.05, 0.1) is 22.6 Å². The summed E-state index contributed by atoms with van der Waals surface area (Å²) in [7, 11) is 0. The Balaban J connectivity index is 1.49. The number of benzene rings is 2. The van der Waals surface area contributed by atoms with E-state index in [9.17, 15) is 13.2 Å². The molecule has 8 heteroatoms. The molecule has 0 amide bonds. The predicted octanol–water partition coefficient (Wildman–Crippen LogP) is 6.63. The molecule has 5 nitrogen and oxygen atoms in total. The molecule has 4 heterocycles. The molecule has 2 aromatic heterocycles. The van der Waals surface area contributed by atoms with E-state index in [0.717, 1.165) is 50.9 Å². The number of halogens is 3. The number of fused-ring (bicyclic) bond motifs is 2. The third-order valence-electron chi connectivity index (χ3n) is 7.28. The van der Waals surface area contributed by atoms with Crippen LogP contribution in [0.25, 0.3) is 27.8 Å². The Morgan fingerprint density at radius 3 is 2.53 bits per heavy atom. The summed E-state index contributed by atoms with van der Waals surface area (Å²) in [4.78, 5) is 9.71. The molecule has 0 atom stereocenters. The Labute approximate surface area is 207 Å². The number of aliphatic imine (C=N–C) groups is 1. The second-order valence-electron chi connectivity index (χ2n) is 9.54. The standard InChI is InChI=1S/C28H26F3N5/c1-17-5-3-4-6-24(17)36-27(21-9-7-18(2)26-20(21)11-13-32-26)22-16-35(14-12-23(22)34-36)25-10-8-19(15-33-25)28(29,30)31/h3-7,9,11,13,15,32H,8,10,12,14,16H2,1-2H3. The van der Waals surface area contributed by atoms with Crippen molar-refractivity contribution in [2.45, 2.75) is 45.8 Å². The summed E-state index contributed by atoms with van der Waals surface area (Å²) in [5, 5.41) is 6.20. The maximum atomic E-state index is 13.1. The first-order valence-corrected chi connectivity index (χ1v) is 12.1. The first-order chi connectivity index (χ1) is 17.3. The van der Waals surface area contributed by atoms with Gasteiger partial charge in [0.2, 0.25) is 0 Å². The van der Waals surface area contributed by atoms with Gasteiger partial charge in [0, 0.05) is 60.4 Å². The summed E-state index contributed by atoms with van der Waals surface area (Å²) in [5.41, 5.74) is 8.07. The van der Waals surface area contributed by atoms with Crippen LogP contribution in [-0.2, 0) is 13.0 Å². The summed E-state index contributed by atoms with van der Waals surface area (Å²) in [6.45, 7) is 5.40. The SMILES string of the molecule is Cc1ccccc1-n1nc2c(c1-c1ccc(C)c3[nH]ccc13)CN(C1=NC=C(C(F)(F)F)CC1)CC2. The minimum absolute atomic E-state index is 0.0387. The van der Waals surface area contributed by atoms with Crippen molar-refractivity contribution in [2.75, 3.05) is 6.54 Å². The van der Waals surface area contributed by atoms with E-state index in [2.05, 4.69) is 59.1 Å². The molecule has 1 N–H and O–H groups in total. The van der Waals surface area contributed by atoms with E-state index >= 15 is 0 Å². The maximum absolute atomic E-state index is 13.1. The van der Waals surface area contributed by atoms with Gasteiger partial charge >= 0.3 is 6.18 Å². The molecule has 0 spiro atoms. The molecule has 0 fully saturated rings. The van der Waals surface area contributed by atoms with Crippen molar-refractivity contribution in [2.24, 2.45) is 4.99 Å². The highest BCUT2D eigenvalue weighted by molar-refractivity contribution is 5.97. The Kier molecular flexibility index (Phi) is 5.28. The zero-order chi connectivity index (χ0) is 25.0. The van der Waals surface area contributed by atoms with Crippen molar-refractivity contribution in [3.05, 3.63) is 82.8 Å². The van der Waals surface area contributed by atoms with Crippen molar-refractivity contribution in [1.82, 2.24) is 19.7 Å². The highest BCUT2D eigenvalue weighted by Gasteiger charge is 2.36. The van der Waals surface area contributed by atoms with Crippen LogP contribution in [-0.4, -0.2) is 38.2 Å². The predicted molar refractivity (Wildman–Crippen MR) is 135 cm³/mol. The lowest BCUT2D eigenvalue weighted by Gasteiger charge is -2.31. The van der Waals surface area contributed by atoms with Gasteiger partial charge in [-0.25, -0.2) is 9.67 Å². The van der Waals surface area contributed by atoms with Gasteiger partial charge < -0.3 is 9.88 Å². The number of aromatic amines is 1. The van der Waals surface area contributed by atoms with Crippen LogP contribution in [0, 0.1) is 13.8 Å². The van der Waals surface area contributed by atoms with Crippen LogP contribution in [0.5, 0.6) is 0 Å². The highest BCUT2D eigenvalue weighted by atomic mass is 19.4. The van der Waals surface area contributed by atoms with Gasteiger partial charge in [-0.1, -0.05) is 30.3 Å². The third kappa shape index (κ3) is 3.72. The van der Waals surface area contributed by atoms with Crippen molar-refractivity contribution in [3.8, 4) is 16.9 Å². The van der Waals surface area contributed by atoms with E-state index in [1.54, 1.807) is 0 Å². The van der Waals surface area contributed by atoms with Crippen molar-refractivity contribution in [3.63, 3.8) is 0 Å². The monoisotopic (exact) mass is 489 g/mol. The fourth-order valence-corrected chi connectivity index (χ4v) is 5.34. The van der Waals surface area contributed by atoms with Crippen LogP contribution in [0.4, 0.5) is 13.2 Å². The number of alkyl halides is 3. The van der Waals surface area contributed by atoms with Crippen LogP contribution < -0.4 is 0 Å². The average molecular weight is 490 g/mol. The summed E-state index contributed by atoms with van der Waals surface area (Å²) >= 11 is 0. The summed E-state index contributed by atoms with van der Waals surface area (Å²) < 4.78 is 41.4. The van der Waals surface area contributed by atoms with Crippen molar-refractivity contribution < 1.29 is 13.2 Å². The topological polar surface area (TPSA) is 49.2 Å². The number of nitrogens with one attached hydrogen (secondary N) is 1. The van der Waals surface area contributed by atoms with E-state index in [1.807, 2.05) is 23.0 Å². The minimum Gasteiger partial charge on any atom is -0.361 e. The first-order valence-electron chi connectivity index (χ1n) is 12.1. The minimum atomic E-state index is -4.32. The number of rotatable bonds is 2. The molecule has 0 saturated carbocycles. The van der Waals surface area contributed by atoms with Gasteiger partial charge in [-0.3, -0.25) is 0 Å². The van der Waals surface area contributed by atoms with Crippen LogP contribution in [0.1, 0.15) is 35.2 Å². The number of hydrogen-bond donors (Lipinski definition) is 1. The average Bonchev–Trinajstić information content (AvgIpc) is 3.50. The van der Waals surface area contributed by atoms with Gasteiger partial charge in [0.25, 0.3) is 0 Å². The normalized spacial score (nSPS) is 16.2. The Hall–Kier alpha value is -3.81. The third-order valence-corrected chi connectivity index (χ3v) is 7.28. The van der Waals surface area contributed by atoms with Crippen LogP contribution >= 0.6 is 0 Å². The number of para-hydroxylation sites is 1. The maximum Gasteiger partial charge on any atom is 0.414 e. The molecular weight excluding hydrogens is 463 g/mol. The molecule has 184 valence electrons. The molecule has 4 aromatic rings. The molecule has 2 aromatic carbocycles. The van der Waals surface area contributed by atoms with E-state index in [4.69, 9.17) is 5.10 Å². The number of amidine groups is 1. The molecule has 0 bridgehead atoms. The quantitative estimate of drug-likeness (QED) is 0.343. The van der Waals surface area contributed by atoms with E-state index in [1.165, 1.54) is 5.56 Å². The molecule has 0 unspecified atom stereocenters. The number of aryl methyl sites for hydroxylation is 2. The summed E-state index contributed by atoms with van der Waals surface area (Å²) in [5.74, 6) is 0.707. The number of aromatic nitrogens is 3. The second-order valence-corrected chi connectivity index (χ2v) is 9.54.